The number of anilines is 3. The molecule has 2 aromatic heterocycles. The minimum Gasteiger partial charge on any atom is -0.382 e. The van der Waals surface area contributed by atoms with Gasteiger partial charge in [-0.3, -0.25) is 9.36 Å². The number of rotatable bonds is 7. The second kappa shape index (κ2) is 12.9. The number of fused-ring (bicyclic) bond motifs is 1. The number of benzene rings is 1. The highest BCUT2D eigenvalue weighted by atomic mass is 19.1. The summed E-state index contributed by atoms with van der Waals surface area (Å²) in [6.07, 6.45) is 3.55. The molecule has 3 rings (SSSR count). The van der Waals surface area contributed by atoms with Gasteiger partial charge in [-0.05, 0) is 38.0 Å². The molecule has 0 fully saturated rings. The molecule has 0 aliphatic rings. The van der Waals surface area contributed by atoms with Crippen molar-refractivity contribution in [3.8, 4) is 12.1 Å². The normalized spacial score (nSPS) is 12.2. The average molecular weight is 522 g/mol. The average Bonchev–Trinajstić information content (AvgIpc) is 2.91. The van der Waals surface area contributed by atoms with E-state index in [-0.39, 0.29) is 47.4 Å². The van der Waals surface area contributed by atoms with E-state index < -0.39 is 34.1 Å². The molecule has 0 aliphatic carbocycles. The largest absolute Gasteiger partial charge is 0.382 e. The number of allylic oxidation sites excluding steroid dienone is 4. The molecule has 0 amide bonds. The van der Waals surface area contributed by atoms with Crippen LogP contribution in [-0.4, -0.2) is 19.5 Å². The van der Waals surface area contributed by atoms with Gasteiger partial charge in [-0.2, -0.15) is 20.5 Å². The van der Waals surface area contributed by atoms with E-state index in [0.717, 1.165) is 16.7 Å². The number of nitrogens with one attached hydrogen (secondary N) is 1. The third-order valence-corrected chi connectivity index (χ3v) is 5.46. The molecule has 10 nitrogen and oxygen atoms in total. The minimum absolute atomic E-state index is 0.0110. The molecule has 198 valence electrons. The highest BCUT2D eigenvalue weighted by molar-refractivity contribution is 5.80. The Labute approximate surface area is 219 Å². The van der Waals surface area contributed by atoms with Crippen molar-refractivity contribution in [3.63, 3.8) is 0 Å². The predicted octanol–water partition coefficient (Wildman–Crippen LogP) is 4.81. The molecule has 38 heavy (non-hydrogen) atoms. The number of aromatic nitrogens is 4. The third-order valence-electron chi connectivity index (χ3n) is 5.46. The van der Waals surface area contributed by atoms with Crippen LogP contribution >= 0.6 is 0 Å². The fourth-order valence-electron chi connectivity index (χ4n) is 3.65. The van der Waals surface area contributed by atoms with Crippen LogP contribution in [0, 0.1) is 34.3 Å². The molecule has 1 aromatic carbocycles. The maximum Gasteiger partial charge on any atom is 0.268 e. The molecule has 3 aromatic rings. The molecule has 1 unspecified atom stereocenters. The molecule has 0 radical (unpaired) electrons. The summed E-state index contributed by atoms with van der Waals surface area (Å²) >= 11 is 0. The van der Waals surface area contributed by atoms with Crippen LogP contribution in [0.1, 0.15) is 64.9 Å². The van der Waals surface area contributed by atoms with E-state index in [1.165, 1.54) is 6.08 Å². The predicted molar refractivity (Wildman–Crippen MR) is 143 cm³/mol. The maximum atomic E-state index is 14.7. The number of nitrogens with zero attached hydrogens (tertiary/aromatic N) is 6. The Kier molecular flexibility index (Phi) is 9.99. The van der Waals surface area contributed by atoms with Gasteiger partial charge in [0.15, 0.2) is 5.82 Å². The van der Waals surface area contributed by atoms with Crippen LogP contribution in [0.4, 0.5) is 26.4 Å². The van der Waals surface area contributed by atoms with E-state index in [1.54, 1.807) is 26.8 Å². The molecule has 0 aliphatic heterocycles. The standard InChI is InChI=1S/C24H23F2N9O.C2H6/c1-4-12(10-27)9-13(5-2)35-22(32-19-16(26)8-7-15(25)18(19)23(35)36)17(6-3)31-21-14(11-28)20(29)33-24(30)34-21;1-2/h4,7-9,17H,5-6H2,1-3H3,(H5,29,30,31,33,34);1-2H3/b12-4+,13-9+;. The van der Waals surface area contributed by atoms with Crippen molar-refractivity contribution >= 4 is 34.2 Å². The SMILES string of the molecule is C/C=C(C#N)\C=C(/CC)n1c(C(CC)Nc2nc(N)nc(N)c2C#N)nc2c(F)ccc(F)c2c1=O.CC. The first-order chi connectivity index (χ1) is 18.2. The molecular formula is C26H29F2N9O. The van der Waals surface area contributed by atoms with Crippen LogP contribution in [-0.2, 0) is 0 Å². The molecule has 12 heteroatoms. The van der Waals surface area contributed by atoms with Gasteiger partial charge in [-0.15, -0.1) is 0 Å². The maximum absolute atomic E-state index is 14.7. The van der Waals surface area contributed by atoms with Gasteiger partial charge in [0.05, 0.1) is 12.1 Å². The summed E-state index contributed by atoms with van der Waals surface area (Å²) in [4.78, 5) is 25.8. The Morgan fingerprint density at radius 3 is 2.37 bits per heavy atom. The monoisotopic (exact) mass is 521 g/mol. The summed E-state index contributed by atoms with van der Waals surface area (Å²) in [5, 5.41) is 21.4. The summed E-state index contributed by atoms with van der Waals surface area (Å²) in [5.41, 5.74) is 10.7. The van der Waals surface area contributed by atoms with Crippen molar-refractivity contribution in [1.29, 1.82) is 10.5 Å². The van der Waals surface area contributed by atoms with Crippen molar-refractivity contribution in [2.24, 2.45) is 0 Å². The number of halogens is 2. The van der Waals surface area contributed by atoms with Gasteiger partial charge in [0.1, 0.15) is 45.8 Å². The first-order valence-corrected chi connectivity index (χ1v) is 12.0. The number of nitriles is 2. The van der Waals surface area contributed by atoms with Gasteiger partial charge in [0, 0.05) is 11.3 Å². The summed E-state index contributed by atoms with van der Waals surface area (Å²) in [6.45, 7) is 9.15. The first kappa shape index (κ1) is 29.4. The van der Waals surface area contributed by atoms with Crippen molar-refractivity contribution in [2.45, 2.75) is 53.5 Å². The second-order valence-electron chi connectivity index (χ2n) is 7.62. The smallest absolute Gasteiger partial charge is 0.268 e. The highest BCUT2D eigenvalue weighted by Gasteiger charge is 2.25. The molecule has 0 saturated carbocycles. The van der Waals surface area contributed by atoms with Crippen LogP contribution in [0.15, 0.2) is 34.7 Å². The van der Waals surface area contributed by atoms with E-state index in [4.69, 9.17) is 11.5 Å². The van der Waals surface area contributed by atoms with E-state index in [1.807, 2.05) is 26.0 Å². The van der Waals surface area contributed by atoms with Gasteiger partial charge < -0.3 is 16.8 Å². The lowest BCUT2D eigenvalue weighted by Crippen LogP contribution is -2.30. The summed E-state index contributed by atoms with van der Waals surface area (Å²) in [5.74, 6) is -2.16. The molecule has 2 heterocycles. The van der Waals surface area contributed by atoms with Gasteiger partial charge in [0.2, 0.25) is 5.95 Å². The van der Waals surface area contributed by atoms with Crippen molar-refractivity contribution < 1.29 is 8.78 Å². The Hall–Kier alpha value is -4.84. The van der Waals surface area contributed by atoms with E-state index in [9.17, 15) is 24.1 Å². The number of nitrogen functional groups attached to an aromatic ring is 2. The highest BCUT2D eigenvalue weighted by Crippen LogP contribution is 2.29. The van der Waals surface area contributed by atoms with Crippen LogP contribution in [0.25, 0.3) is 16.6 Å². The number of hydrogen-bond acceptors (Lipinski definition) is 9. The Balaban J connectivity index is 0.00000247. The Morgan fingerprint density at radius 2 is 1.82 bits per heavy atom. The summed E-state index contributed by atoms with van der Waals surface area (Å²) in [6, 6.07) is 4.81. The van der Waals surface area contributed by atoms with E-state index in [2.05, 4.69) is 20.3 Å². The fourth-order valence-corrected chi connectivity index (χ4v) is 3.65. The Bertz CT molecular complexity index is 1550. The molecular weight excluding hydrogens is 492 g/mol. The number of hydrogen-bond donors (Lipinski definition) is 3. The molecule has 0 spiro atoms. The minimum atomic E-state index is -0.935. The zero-order valence-electron chi connectivity index (χ0n) is 21.8. The van der Waals surface area contributed by atoms with Crippen LogP contribution < -0.4 is 22.3 Å². The first-order valence-electron chi connectivity index (χ1n) is 12.0. The second-order valence-corrected chi connectivity index (χ2v) is 7.62. The Morgan fingerprint density at radius 1 is 1.16 bits per heavy atom. The lowest BCUT2D eigenvalue weighted by molar-refractivity contribution is 0.604. The van der Waals surface area contributed by atoms with Gasteiger partial charge >= 0.3 is 0 Å². The molecule has 0 bridgehead atoms. The molecule has 1 atom stereocenters. The third kappa shape index (κ3) is 5.76. The summed E-state index contributed by atoms with van der Waals surface area (Å²) < 4.78 is 30.6. The zero-order valence-corrected chi connectivity index (χ0v) is 21.8. The van der Waals surface area contributed by atoms with Gasteiger partial charge in [-0.1, -0.05) is 33.8 Å². The van der Waals surface area contributed by atoms with Crippen molar-refractivity contribution in [3.05, 3.63) is 63.2 Å². The zero-order chi connectivity index (χ0) is 28.6. The van der Waals surface area contributed by atoms with Crippen molar-refractivity contribution in [1.82, 2.24) is 19.5 Å². The fraction of sp³-hybridized carbons (Fsp3) is 0.308. The quantitative estimate of drug-likeness (QED) is 0.291. The topological polar surface area (TPSA) is 172 Å². The van der Waals surface area contributed by atoms with Gasteiger partial charge in [0.25, 0.3) is 5.56 Å². The van der Waals surface area contributed by atoms with Crippen LogP contribution in [0.3, 0.4) is 0 Å². The summed E-state index contributed by atoms with van der Waals surface area (Å²) in [7, 11) is 0. The van der Waals surface area contributed by atoms with E-state index >= 15 is 0 Å². The molecule has 0 saturated heterocycles. The number of nitrogens with two attached hydrogens (primary N) is 2. The van der Waals surface area contributed by atoms with Crippen LogP contribution in [0.5, 0.6) is 0 Å². The lowest BCUT2D eigenvalue weighted by atomic mass is 10.1. The molecule has 5 N–H and O–H groups in total. The van der Waals surface area contributed by atoms with Crippen LogP contribution in [0.2, 0.25) is 0 Å². The lowest BCUT2D eigenvalue weighted by Gasteiger charge is -2.24. The van der Waals surface area contributed by atoms with E-state index in [0.29, 0.717) is 5.70 Å². The van der Waals surface area contributed by atoms with Crippen molar-refractivity contribution in [2.75, 3.05) is 16.8 Å². The van der Waals surface area contributed by atoms with Gasteiger partial charge in [-0.25, -0.2) is 13.8 Å².